The van der Waals surface area contributed by atoms with E-state index in [9.17, 15) is 14.7 Å². The van der Waals surface area contributed by atoms with Gasteiger partial charge >= 0.3 is 11.9 Å². The fraction of sp³-hybridized carbons (Fsp3) is 0.774. The minimum Gasteiger partial charge on any atom is -0.462 e. The van der Waals surface area contributed by atoms with E-state index in [4.69, 9.17) is 9.47 Å². The normalized spacial score (nSPS) is 12.7. The van der Waals surface area contributed by atoms with E-state index in [1.54, 1.807) is 0 Å². The molecule has 0 fully saturated rings. The molecule has 0 spiro atoms. The molecule has 5 nitrogen and oxygen atoms in total. The summed E-state index contributed by atoms with van der Waals surface area (Å²) in [6.07, 6.45) is 65.3. The van der Waals surface area contributed by atoms with Crippen molar-refractivity contribution < 1.29 is 24.2 Å². The highest BCUT2D eigenvalue weighted by Gasteiger charge is 2.16. The Kier molecular flexibility index (Phi) is 46.9. The highest BCUT2D eigenvalue weighted by molar-refractivity contribution is 5.70. The molecule has 0 saturated heterocycles. The quantitative estimate of drug-likeness (QED) is 0.0377. The molecule has 1 N–H and O–H groups in total. The van der Waals surface area contributed by atoms with Gasteiger partial charge in [-0.1, -0.05) is 235 Å². The van der Waals surface area contributed by atoms with Crippen LogP contribution in [0.4, 0.5) is 0 Å². The van der Waals surface area contributed by atoms with Gasteiger partial charge < -0.3 is 14.6 Å². The summed E-state index contributed by atoms with van der Waals surface area (Å²) in [6.45, 7) is 3.94. The molecular weight excluding hydrogens is 717 g/mol. The summed E-state index contributed by atoms with van der Waals surface area (Å²) in [5.74, 6) is -0.597. The van der Waals surface area contributed by atoms with E-state index in [-0.39, 0.29) is 25.2 Å². The first-order valence-electron chi connectivity index (χ1n) is 24.8. The molecule has 0 aromatic heterocycles. The zero-order chi connectivity index (χ0) is 42.1. The van der Waals surface area contributed by atoms with Gasteiger partial charge in [-0.15, -0.1) is 0 Å². The molecule has 0 aliphatic rings. The van der Waals surface area contributed by atoms with Crippen LogP contribution in [0, 0.1) is 0 Å². The zero-order valence-electron chi connectivity index (χ0n) is 38.3. The van der Waals surface area contributed by atoms with Crippen LogP contribution in [0.3, 0.4) is 0 Å². The molecule has 1 atom stereocenters. The fourth-order valence-electron chi connectivity index (χ4n) is 7.11. The Labute approximate surface area is 360 Å². The van der Waals surface area contributed by atoms with Crippen LogP contribution in [0.15, 0.2) is 60.8 Å². The Morgan fingerprint density at radius 2 is 0.741 bits per heavy atom. The second-order valence-corrected chi connectivity index (χ2v) is 16.5. The molecule has 336 valence electrons. The van der Waals surface area contributed by atoms with Crippen molar-refractivity contribution in [1.29, 1.82) is 0 Å². The van der Waals surface area contributed by atoms with Crippen molar-refractivity contribution in [1.82, 2.24) is 0 Å². The van der Waals surface area contributed by atoms with Crippen molar-refractivity contribution >= 4 is 11.9 Å². The standard InChI is InChI=1S/C53H94O5/c1-3-5-7-9-10-11-12-13-14-15-16-17-18-19-20-21-22-23-24-25-26-27-28-29-30-31-32-33-34-35-36-37-38-39-40-41-42-44-46-48-53(56)58-51(49-54)50-57-52(55)47-45-43-8-6-4-2/h5,7,10-11,13-14,16-17,19-20,51,54H,3-4,6,8-9,12,15,18,21-50H2,1-2H3/b7-5-,11-10-,14-13-,17-16-,20-19-. The van der Waals surface area contributed by atoms with Gasteiger partial charge in [0.15, 0.2) is 6.10 Å². The molecule has 0 rings (SSSR count). The van der Waals surface area contributed by atoms with Crippen molar-refractivity contribution in [3.8, 4) is 0 Å². The summed E-state index contributed by atoms with van der Waals surface area (Å²) in [7, 11) is 0. The molecule has 0 bridgehead atoms. The third-order valence-electron chi connectivity index (χ3n) is 10.8. The summed E-state index contributed by atoms with van der Waals surface area (Å²) in [5.41, 5.74) is 0. The molecule has 0 heterocycles. The fourth-order valence-corrected chi connectivity index (χ4v) is 7.11. The summed E-state index contributed by atoms with van der Waals surface area (Å²) in [5, 5.41) is 9.50. The number of hydrogen-bond donors (Lipinski definition) is 1. The predicted molar refractivity (Wildman–Crippen MR) is 251 cm³/mol. The van der Waals surface area contributed by atoms with E-state index in [2.05, 4.69) is 74.6 Å². The molecule has 1 unspecified atom stereocenters. The number of ether oxygens (including phenoxy) is 2. The smallest absolute Gasteiger partial charge is 0.306 e. The second-order valence-electron chi connectivity index (χ2n) is 16.5. The number of rotatable bonds is 45. The number of allylic oxidation sites excluding steroid dienone is 10. The van der Waals surface area contributed by atoms with Crippen LogP contribution >= 0.6 is 0 Å². The number of carbonyl (C=O) groups excluding carboxylic acids is 2. The maximum Gasteiger partial charge on any atom is 0.306 e. The number of carbonyl (C=O) groups is 2. The van der Waals surface area contributed by atoms with Crippen molar-refractivity contribution in [2.75, 3.05) is 13.2 Å². The first-order chi connectivity index (χ1) is 28.6. The molecule has 58 heavy (non-hydrogen) atoms. The minimum atomic E-state index is -0.764. The number of hydrogen-bond acceptors (Lipinski definition) is 5. The van der Waals surface area contributed by atoms with Crippen LogP contribution in [-0.4, -0.2) is 36.4 Å². The number of esters is 2. The Bertz CT molecular complexity index is 1010. The first-order valence-corrected chi connectivity index (χ1v) is 24.8. The summed E-state index contributed by atoms with van der Waals surface area (Å²) in [4.78, 5) is 24.0. The molecule has 0 aliphatic heterocycles. The minimum absolute atomic E-state index is 0.0637. The average Bonchev–Trinajstić information content (AvgIpc) is 3.23. The highest BCUT2D eigenvalue weighted by atomic mass is 16.6. The van der Waals surface area contributed by atoms with Gasteiger partial charge in [0.25, 0.3) is 0 Å². The summed E-state index contributed by atoms with van der Waals surface area (Å²) >= 11 is 0. The van der Waals surface area contributed by atoms with Crippen LogP contribution in [0.2, 0.25) is 0 Å². The number of aliphatic hydroxyl groups excluding tert-OH is 1. The number of aliphatic hydroxyl groups is 1. The molecule has 0 amide bonds. The Hall–Kier alpha value is -2.40. The van der Waals surface area contributed by atoms with Crippen molar-refractivity contribution in [3.63, 3.8) is 0 Å². The van der Waals surface area contributed by atoms with Crippen LogP contribution in [-0.2, 0) is 19.1 Å². The molecule has 5 heteroatoms. The van der Waals surface area contributed by atoms with Gasteiger partial charge in [-0.2, -0.15) is 0 Å². The summed E-state index contributed by atoms with van der Waals surface area (Å²) < 4.78 is 10.5. The van der Waals surface area contributed by atoms with Gasteiger partial charge in [0.2, 0.25) is 0 Å². The Morgan fingerprint density at radius 1 is 0.414 bits per heavy atom. The van der Waals surface area contributed by atoms with Gasteiger partial charge in [-0.05, 0) is 57.8 Å². The van der Waals surface area contributed by atoms with E-state index in [0.717, 1.165) is 70.6 Å². The van der Waals surface area contributed by atoms with Crippen molar-refractivity contribution in [2.24, 2.45) is 0 Å². The maximum atomic E-state index is 12.1. The summed E-state index contributed by atoms with van der Waals surface area (Å²) in [6, 6.07) is 0. The van der Waals surface area contributed by atoms with Gasteiger partial charge in [0.1, 0.15) is 6.61 Å². The monoisotopic (exact) mass is 811 g/mol. The molecule has 0 aromatic rings. The average molecular weight is 811 g/mol. The Morgan fingerprint density at radius 3 is 1.12 bits per heavy atom. The maximum absolute atomic E-state index is 12.1. The molecule has 0 aliphatic carbocycles. The van der Waals surface area contributed by atoms with Gasteiger partial charge in [0, 0.05) is 12.8 Å². The predicted octanol–water partition coefficient (Wildman–Crippen LogP) is 16.3. The highest BCUT2D eigenvalue weighted by Crippen LogP contribution is 2.16. The zero-order valence-corrected chi connectivity index (χ0v) is 38.3. The SMILES string of the molecule is CC/C=C\C/C=C\C/C=C\C/C=C\C/C=C\CCCCCCCCCCCCCCCCCCCCCCCCCC(=O)OC(CO)COC(=O)CCCCCCC. The molecule has 0 aromatic carbocycles. The van der Waals surface area contributed by atoms with Crippen molar-refractivity contribution in [3.05, 3.63) is 60.8 Å². The number of unbranched alkanes of at least 4 members (excludes halogenated alkanes) is 27. The third kappa shape index (κ3) is 46.3. The van der Waals surface area contributed by atoms with Crippen LogP contribution < -0.4 is 0 Å². The van der Waals surface area contributed by atoms with E-state index in [1.807, 2.05) is 0 Å². The van der Waals surface area contributed by atoms with Crippen LogP contribution in [0.5, 0.6) is 0 Å². The largest absolute Gasteiger partial charge is 0.462 e. The van der Waals surface area contributed by atoms with Crippen LogP contribution in [0.1, 0.15) is 245 Å². The van der Waals surface area contributed by atoms with Gasteiger partial charge in [-0.25, -0.2) is 0 Å². The second kappa shape index (κ2) is 49.0. The molecule has 0 radical (unpaired) electrons. The molecular formula is C53H94O5. The lowest BCUT2D eigenvalue weighted by atomic mass is 10.0. The van der Waals surface area contributed by atoms with Crippen LogP contribution in [0.25, 0.3) is 0 Å². The van der Waals surface area contributed by atoms with E-state index < -0.39 is 6.10 Å². The van der Waals surface area contributed by atoms with Gasteiger partial charge in [-0.3, -0.25) is 9.59 Å². The van der Waals surface area contributed by atoms with Gasteiger partial charge in [0.05, 0.1) is 6.61 Å². The lowest BCUT2D eigenvalue weighted by Gasteiger charge is -2.15. The topological polar surface area (TPSA) is 72.8 Å². The lowest BCUT2D eigenvalue weighted by molar-refractivity contribution is -0.161. The van der Waals surface area contributed by atoms with E-state index in [1.165, 1.54) is 148 Å². The van der Waals surface area contributed by atoms with E-state index >= 15 is 0 Å². The Balaban J connectivity index is 3.35. The van der Waals surface area contributed by atoms with E-state index in [0.29, 0.717) is 12.8 Å². The third-order valence-corrected chi connectivity index (χ3v) is 10.8. The molecule has 0 saturated carbocycles. The first kappa shape index (κ1) is 55.6. The lowest BCUT2D eigenvalue weighted by Crippen LogP contribution is -2.28. The van der Waals surface area contributed by atoms with Crippen molar-refractivity contribution in [2.45, 2.75) is 251 Å².